The fraction of sp³-hybridized carbons (Fsp3) is 0.400. The third-order valence-electron chi connectivity index (χ3n) is 3.56. The van der Waals surface area contributed by atoms with E-state index in [1.165, 1.54) is 22.5 Å². The molecular formula is C15H18N4O2S. The first-order valence-corrected chi connectivity index (χ1v) is 7.99. The van der Waals surface area contributed by atoms with Crippen molar-refractivity contribution in [2.24, 2.45) is 0 Å². The van der Waals surface area contributed by atoms with Crippen LogP contribution in [-0.4, -0.2) is 45.4 Å². The molecule has 1 atom stereocenters. The van der Waals surface area contributed by atoms with Crippen LogP contribution < -0.4 is 5.32 Å². The maximum atomic E-state index is 12.1. The lowest BCUT2D eigenvalue weighted by Gasteiger charge is -2.14. The molecule has 7 heteroatoms. The summed E-state index contributed by atoms with van der Waals surface area (Å²) in [5.41, 5.74) is 3.34. The van der Waals surface area contributed by atoms with Gasteiger partial charge in [0.05, 0.1) is 6.10 Å². The molecule has 116 valence electrons. The Morgan fingerprint density at radius 1 is 1.32 bits per heavy atom. The Morgan fingerprint density at radius 3 is 2.68 bits per heavy atom. The van der Waals surface area contributed by atoms with Gasteiger partial charge in [0, 0.05) is 18.7 Å². The molecule has 22 heavy (non-hydrogen) atoms. The van der Waals surface area contributed by atoms with Crippen LogP contribution in [0.1, 0.15) is 17.5 Å². The lowest BCUT2D eigenvalue weighted by atomic mass is 10.1. The second-order valence-corrected chi connectivity index (χ2v) is 6.58. The Labute approximate surface area is 132 Å². The molecule has 1 aromatic heterocycles. The van der Waals surface area contributed by atoms with E-state index in [0.717, 1.165) is 10.6 Å². The van der Waals surface area contributed by atoms with Crippen LogP contribution in [0.15, 0.2) is 18.2 Å². The monoisotopic (exact) mass is 318 g/mol. The number of nitrogens with one attached hydrogen (secondary N) is 1. The first-order valence-electron chi connectivity index (χ1n) is 7.17. The number of rotatable bonds is 2. The summed E-state index contributed by atoms with van der Waals surface area (Å²) in [6.07, 6.45) is 0.197. The molecule has 2 amide bonds. The van der Waals surface area contributed by atoms with Crippen molar-refractivity contribution in [2.75, 3.05) is 18.4 Å². The number of aliphatic hydroxyl groups is 1. The average molecular weight is 318 g/mol. The predicted molar refractivity (Wildman–Crippen MR) is 86.0 cm³/mol. The van der Waals surface area contributed by atoms with Gasteiger partial charge in [-0.2, -0.15) is 0 Å². The third-order valence-corrected chi connectivity index (χ3v) is 4.45. The Hall–Kier alpha value is -1.99. The number of likely N-dealkylation sites (tertiary alicyclic amines) is 1. The normalized spacial score (nSPS) is 17.8. The van der Waals surface area contributed by atoms with Crippen LogP contribution in [0, 0.1) is 13.8 Å². The van der Waals surface area contributed by atoms with E-state index in [0.29, 0.717) is 24.6 Å². The van der Waals surface area contributed by atoms with Gasteiger partial charge in [-0.3, -0.25) is 5.32 Å². The number of carbonyl (C=O) groups is 1. The molecule has 1 saturated heterocycles. The van der Waals surface area contributed by atoms with Crippen molar-refractivity contribution in [2.45, 2.75) is 26.4 Å². The van der Waals surface area contributed by atoms with Crippen molar-refractivity contribution in [3.05, 3.63) is 29.3 Å². The van der Waals surface area contributed by atoms with Gasteiger partial charge in [0.1, 0.15) is 5.01 Å². The Bertz CT molecular complexity index is 680. The minimum atomic E-state index is -0.425. The standard InChI is InChI=1S/C15H18N4O2S/c1-9-5-10(2)7-11(6-9)13-17-18-14(22-13)16-15(21)19-4-3-12(20)8-19/h5-7,12,20H,3-4,8H2,1-2H3,(H,16,18,21)/t12-/m0/s1. The molecule has 0 radical (unpaired) electrons. The summed E-state index contributed by atoms with van der Waals surface area (Å²) in [6.45, 7) is 5.02. The lowest BCUT2D eigenvalue weighted by Crippen LogP contribution is -2.33. The highest BCUT2D eigenvalue weighted by Crippen LogP contribution is 2.28. The van der Waals surface area contributed by atoms with E-state index < -0.39 is 6.10 Å². The Kier molecular flexibility index (Phi) is 4.08. The van der Waals surface area contributed by atoms with E-state index in [9.17, 15) is 9.90 Å². The van der Waals surface area contributed by atoms with Crippen LogP contribution in [-0.2, 0) is 0 Å². The second-order valence-electron chi connectivity index (χ2n) is 5.61. The second kappa shape index (κ2) is 6.02. The largest absolute Gasteiger partial charge is 0.391 e. The zero-order valence-corrected chi connectivity index (χ0v) is 13.4. The van der Waals surface area contributed by atoms with Crippen LogP contribution in [0.3, 0.4) is 0 Å². The van der Waals surface area contributed by atoms with E-state index in [-0.39, 0.29) is 6.03 Å². The van der Waals surface area contributed by atoms with Gasteiger partial charge in [0.2, 0.25) is 5.13 Å². The zero-order valence-electron chi connectivity index (χ0n) is 12.5. The summed E-state index contributed by atoms with van der Waals surface area (Å²) < 4.78 is 0. The highest BCUT2D eigenvalue weighted by Gasteiger charge is 2.25. The number of aromatic nitrogens is 2. The van der Waals surface area contributed by atoms with Crippen LogP contribution in [0.25, 0.3) is 10.6 Å². The Morgan fingerprint density at radius 2 is 2.05 bits per heavy atom. The highest BCUT2D eigenvalue weighted by atomic mass is 32.1. The van der Waals surface area contributed by atoms with Crippen molar-refractivity contribution >= 4 is 22.5 Å². The molecule has 0 saturated carbocycles. The van der Waals surface area contributed by atoms with Crippen molar-refractivity contribution in [1.82, 2.24) is 15.1 Å². The molecule has 1 aliphatic rings. The minimum absolute atomic E-state index is 0.236. The Balaban J connectivity index is 1.72. The van der Waals surface area contributed by atoms with Gasteiger partial charge in [-0.1, -0.05) is 28.5 Å². The van der Waals surface area contributed by atoms with Gasteiger partial charge < -0.3 is 10.0 Å². The number of urea groups is 1. The van der Waals surface area contributed by atoms with Gasteiger partial charge in [-0.05, 0) is 32.4 Å². The SMILES string of the molecule is Cc1cc(C)cc(-c2nnc(NC(=O)N3CC[C@H](O)C3)s2)c1. The highest BCUT2D eigenvalue weighted by molar-refractivity contribution is 7.18. The van der Waals surface area contributed by atoms with Crippen molar-refractivity contribution in [1.29, 1.82) is 0 Å². The van der Waals surface area contributed by atoms with E-state index in [1.54, 1.807) is 4.90 Å². The number of hydrogen-bond acceptors (Lipinski definition) is 5. The number of aryl methyl sites for hydroxylation is 2. The smallest absolute Gasteiger partial charge is 0.323 e. The van der Waals surface area contributed by atoms with Crippen molar-refractivity contribution in [3.63, 3.8) is 0 Å². The average Bonchev–Trinajstić information content (AvgIpc) is 3.06. The molecule has 6 nitrogen and oxygen atoms in total. The fourth-order valence-corrected chi connectivity index (χ4v) is 3.31. The molecule has 1 aliphatic heterocycles. The molecular weight excluding hydrogens is 300 g/mol. The summed E-state index contributed by atoms with van der Waals surface area (Å²) in [5, 5.41) is 21.6. The van der Waals surface area contributed by atoms with Gasteiger partial charge in [0.15, 0.2) is 0 Å². The van der Waals surface area contributed by atoms with Gasteiger partial charge >= 0.3 is 6.03 Å². The summed E-state index contributed by atoms with van der Waals surface area (Å²) >= 11 is 1.35. The molecule has 0 bridgehead atoms. The quantitative estimate of drug-likeness (QED) is 0.891. The first kappa shape index (κ1) is 14.9. The number of hydrogen-bond donors (Lipinski definition) is 2. The molecule has 2 N–H and O–H groups in total. The van der Waals surface area contributed by atoms with E-state index in [4.69, 9.17) is 0 Å². The number of anilines is 1. The van der Waals surface area contributed by atoms with Crippen LogP contribution in [0.2, 0.25) is 0 Å². The van der Waals surface area contributed by atoms with E-state index >= 15 is 0 Å². The number of benzene rings is 1. The molecule has 1 fully saturated rings. The summed E-state index contributed by atoms with van der Waals surface area (Å²) in [6, 6.07) is 5.97. The number of carbonyl (C=O) groups excluding carboxylic acids is 1. The molecule has 0 aliphatic carbocycles. The predicted octanol–water partition coefficient (Wildman–Crippen LogP) is 2.42. The maximum absolute atomic E-state index is 12.1. The van der Waals surface area contributed by atoms with Crippen LogP contribution in [0.4, 0.5) is 9.93 Å². The van der Waals surface area contributed by atoms with Crippen molar-refractivity contribution < 1.29 is 9.90 Å². The topological polar surface area (TPSA) is 78.4 Å². The van der Waals surface area contributed by atoms with Crippen molar-refractivity contribution in [3.8, 4) is 10.6 Å². The first-order chi connectivity index (χ1) is 10.5. The molecule has 1 aromatic carbocycles. The number of β-amino-alcohol motifs (C(OH)–C–C–N with tert-alkyl or cyclic N) is 1. The third kappa shape index (κ3) is 3.26. The molecule has 2 heterocycles. The summed E-state index contributed by atoms with van der Waals surface area (Å²) in [4.78, 5) is 13.6. The summed E-state index contributed by atoms with van der Waals surface area (Å²) in [5.74, 6) is 0. The molecule has 3 rings (SSSR count). The number of nitrogens with zero attached hydrogens (tertiary/aromatic N) is 3. The van der Waals surface area contributed by atoms with Gasteiger partial charge in [-0.25, -0.2) is 4.79 Å². The summed E-state index contributed by atoms with van der Waals surface area (Å²) in [7, 11) is 0. The molecule has 0 unspecified atom stereocenters. The van der Waals surface area contributed by atoms with Crippen LogP contribution >= 0.6 is 11.3 Å². The van der Waals surface area contributed by atoms with E-state index in [2.05, 4.69) is 33.7 Å². The minimum Gasteiger partial charge on any atom is -0.391 e. The molecule has 0 spiro atoms. The maximum Gasteiger partial charge on any atom is 0.323 e. The van der Waals surface area contributed by atoms with Gasteiger partial charge in [-0.15, -0.1) is 10.2 Å². The lowest BCUT2D eigenvalue weighted by molar-refractivity contribution is 0.176. The van der Waals surface area contributed by atoms with Gasteiger partial charge in [0.25, 0.3) is 0 Å². The zero-order chi connectivity index (χ0) is 15.7. The fourth-order valence-electron chi connectivity index (χ4n) is 2.59. The van der Waals surface area contributed by atoms with E-state index in [1.807, 2.05) is 13.8 Å². The van der Waals surface area contributed by atoms with Crippen LogP contribution in [0.5, 0.6) is 0 Å². The number of amides is 2. The number of aliphatic hydroxyl groups excluding tert-OH is 1. The molecule has 2 aromatic rings.